The Bertz CT molecular complexity index is 1320. The van der Waals surface area contributed by atoms with Crippen LogP contribution in [-0.2, 0) is 19.9 Å². The summed E-state index contributed by atoms with van der Waals surface area (Å²) in [6, 6.07) is 10.3. The summed E-state index contributed by atoms with van der Waals surface area (Å²) < 4.78 is 54.8. The van der Waals surface area contributed by atoms with Crippen molar-refractivity contribution in [1.29, 1.82) is 0 Å². The summed E-state index contributed by atoms with van der Waals surface area (Å²) in [5.41, 5.74) is -1.08. The van der Waals surface area contributed by atoms with Crippen LogP contribution in [0.1, 0.15) is 24.2 Å². The molecule has 0 spiro atoms. The minimum absolute atomic E-state index is 0.175. The molecule has 0 aliphatic heterocycles. The predicted molar refractivity (Wildman–Crippen MR) is 103 cm³/mol. The molecule has 4 N–H and O–H groups in total. The first kappa shape index (κ1) is 21.0. The van der Waals surface area contributed by atoms with Gasteiger partial charge in [-0.3, -0.25) is 4.79 Å². The first-order chi connectivity index (χ1) is 13.3. The summed E-state index contributed by atoms with van der Waals surface area (Å²) in [6.45, 7) is 2.80. The number of nitrogens with one attached hydrogen (secondary N) is 1. The van der Waals surface area contributed by atoms with Crippen molar-refractivity contribution in [2.24, 2.45) is 5.14 Å². The number of amides is 1. The van der Waals surface area contributed by atoms with Crippen molar-refractivity contribution in [2.75, 3.05) is 0 Å². The number of furan rings is 1. The third kappa shape index (κ3) is 4.32. The second kappa shape index (κ2) is 6.95. The Kier molecular flexibility index (Phi) is 5.03. The molecule has 0 radical (unpaired) electrons. The fraction of sp³-hybridized carbons (Fsp3) is 0.167. The number of carbonyl (C=O) groups is 1. The molecule has 1 aromatic heterocycles. The van der Waals surface area contributed by atoms with Gasteiger partial charge in [0.25, 0.3) is 5.91 Å². The summed E-state index contributed by atoms with van der Waals surface area (Å²) in [6.07, 6.45) is 0. The minimum atomic E-state index is -4.34. The van der Waals surface area contributed by atoms with Crippen LogP contribution in [0.15, 0.2) is 67.8 Å². The number of carbonyl (C=O) groups excluding carboxylic acids is 1. The molecular weight excluding hydrogens is 420 g/mol. The maximum Gasteiger partial charge on any atom is 0.253 e. The van der Waals surface area contributed by atoms with Gasteiger partial charge in [-0.25, -0.2) is 22.0 Å². The van der Waals surface area contributed by atoms with Gasteiger partial charge < -0.3 is 14.8 Å². The molecule has 29 heavy (non-hydrogen) atoms. The Balaban J connectivity index is 2.09. The fourth-order valence-corrected chi connectivity index (χ4v) is 5.24. The Labute approximate surface area is 167 Å². The van der Waals surface area contributed by atoms with E-state index < -0.39 is 46.4 Å². The molecule has 0 unspecified atom stereocenters. The van der Waals surface area contributed by atoms with E-state index in [-0.39, 0.29) is 11.1 Å². The molecule has 1 heterocycles. The highest BCUT2D eigenvalue weighted by Gasteiger charge is 2.29. The highest BCUT2D eigenvalue weighted by Crippen LogP contribution is 2.31. The molecule has 0 saturated carbocycles. The standard InChI is InChI=1S/C18H18N2O7S2/c1-18(2,22)20-17(21)11-7-8-13-12(9-11)10-16(27-13)28(23,24)14-5-3-4-6-15(14)29(19,25)26/h3-10,22H,1-2H3,(H,20,21)(H2,19,25,26). The predicted octanol–water partition coefficient (Wildman–Crippen LogP) is 1.37. The lowest BCUT2D eigenvalue weighted by Crippen LogP contribution is -2.43. The van der Waals surface area contributed by atoms with Gasteiger partial charge in [-0.15, -0.1) is 0 Å². The highest BCUT2D eigenvalue weighted by atomic mass is 32.2. The number of benzene rings is 2. The van der Waals surface area contributed by atoms with Crippen LogP contribution >= 0.6 is 0 Å². The lowest BCUT2D eigenvalue weighted by Gasteiger charge is -2.18. The second-order valence-corrected chi connectivity index (χ2v) is 10.2. The zero-order valence-electron chi connectivity index (χ0n) is 15.4. The Morgan fingerprint density at radius 2 is 1.66 bits per heavy atom. The number of nitrogens with two attached hydrogens (primary N) is 1. The summed E-state index contributed by atoms with van der Waals surface area (Å²) in [7, 11) is -8.63. The van der Waals surface area contributed by atoms with Crippen molar-refractivity contribution in [1.82, 2.24) is 5.32 Å². The van der Waals surface area contributed by atoms with E-state index >= 15 is 0 Å². The lowest BCUT2D eigenvalue weighted by molar-refractivity contribution is 0.0376. The molecule has 154 valence electrons. The van der Waals surface area contributed by atoms with Crippen LogP contribution in [0.25, 0.3) is 11.0 Å². The number of fused-ring (bicyclic) bond motifs is 1. The van der Waals surface area contributed by atoms with Gasteiger partial charge in [0.05, 0.1) is 4.90 Å². The number of primary sulfonamides is 1. The third-order valence-electron chi connectivity index (χ3n) is 3.89. The van der Waals surface area contributed by atoms with Crippen LogP contribution in [0.3, 0.4) is 0 Å². The maximum atomic E-state index is 13.0. The van der Waals surface area contributed by atoms with Crippen LogP contribution in [0, 0.1) is 0 Å². The number of hydrogen-bond acceptors (Lipinski definition) is 7. The van der Waals surface area contributed by atoms with Gasteiger partial charge in [-0.2, -0.15) is 0 Å². The van der Waals surface area contributed by atoms with Crippen LogP contribution in [0.4, 0.5) is 0 Å². The van der Waals surface area contributed by atoms with Crippen LogP contribution in [0.5, 0.6) is 0 Å². The van der Waals surface area contributed by atoms with Crippen LogP contribution < -0.4 is 10.5 Å². The molecule has 2 aromatic carbocycles. The average molecular weight is 438 g/mol. The molecule has 9 nitrogen and oxygen atoms in total. The van der Waals surface area contributed by atoms with E-state index in [1.165, 1.54) is 50.2 Å². The van der Waals surface area contributed by atoms with E-state index in [1.807, 2.05) is 0 Å². The van der Waals surface area contributed by atoms with Crippen molar-refractivity contribution in [3.8, 4) is 0 Å². The van der Waals surface area contributed by atoms with E-state index in [2.05, 4.69) is 5.32 Å². The molecule has 0 fully saturated rings. The number of hydrogen-bond donors (Lipinski definition) is 3. The average Bonchev–Trinajstić information content (AvgIpc) is 3.03. The van der Waals surface area contributed by atoms with Crippen molar-refractivity contribution in [3.05, 3.63) is 54.1 Å². The molecular formula is C18H18N2O7S2. The first-order valence-electron chi connectivity index (χ1n) is 8.24. The SMILES string of the molecule is CC(C)(O)NC(=O)c1ccc2oc(S(=O)(=O)c3ccccc3S(N)(=O)=O)cc2c1. The summed E-state index contributed by atoms with van der Waals surface area (Å²) in [4.78, 5) is 11.1. The smallest absolute Gasteiger partial charge is 0.253 e. The van der Waals surface area contributed by atoms with Gasteiger partial charge in [0, 0.05) is 17.0 Å². The normalized spacial score (nSPS) is 12.8. The Morgan fingerprint density at radius 1 is 1.03 bits per heavy atom. The van der Waals surface area contributed by atoms with Gasteiger partial charge in [0.2, 0.25) is 25.0 Å². The molecule has 0 saturated heterocycles. The molecule has 0 bridgehead atoms. The molecule has 3 aromatic rings. The van der Waals surface area contributed by atoms with Gasteiger partial charge in [-0.1, -0.05) is 12.1 Å². The summed E-state index contributed by atoms with van der Waals surface area (Å²) in [5, 5.41) is 17.0. The number of aliphatic hydroxyl groups is 1. The van der Waals surface area contributed by atoms with Crippen molar-refractivity contribution < 1.29 is 31.2 Å². The first-order valence-corrected chi connectivity index (χ1v) is 11.3. The van der Waals surface area contributed by atoms with Crippen molar-refractivity contribution >= 4 is 36.7 Å². The molecule has 0 atom stereocenters. The minimum Gasteiger partial charge on any atom is -0.444 e. The molecule has 0 aliphatic rings. The molecule has 1 amide bonds. The van der Waals surface area contributed by atoms with Gasteiger partial charge >= 0.3 is 0 Å². The lowest BCUT2D eigenvalue weighted by atomic mass is 10.1. The zero-order chi connectivity index (χ0) is 21.6. The highest BCUT2D eigenvalue weighted by molar-refractivity contribution is 7.93. The van der Waals surface area contributed by atoms with E-state index in [4.69, 9.17) is 9.56 Å². The number of sulfone groups is 1. The molecule has 3 rings (SSSR count). The summed E-state index contributed by atoms with van der Waals surface area (Å²) >= 11 is 0. The van der Waals surface area contributed by atoms with E-state index in [0.717, 1.165) is 12.1 Å². The molecule has 11 heteroatoms. The molecule has 0 aliphatic carbocycles. The Morgan fingerprint density at radius 3 is 2.24 bits per heavy atom. The second-order valence-electron chi connectivity index (χ2n) is 6.83. The van der Waals surface area contributed by atoms with Gasteiger partial charge in [0.15, 0.2) is 0 Å². The number of rotatable bonds is 5. The van der Waals surface area contributed by atoms with Crippen molar-refractivity contribution in [2.45, 2.75) is 34.5 Å². The third-order valence-corrected chi connectivity index (χ3v) is 6.65. The topological polar surface area (TPSA) is 157 Å². The van der Waals surface area contributed by atoms with Gasteiger partial charge in [-0.05, 0) is 44.2 Å². The van der Waals surface area contributed by atoms with Crippen molar-refractivity contribution in [3.63, 3.8) is 0 Å². The maximum absolute atomic E-state index is 13.0. The van der Waals surface area contributed by atoms with Crippen LogP contribution in [0.2, 0.25) is 0 Å². The summed E-state index contributed by atoms with van der Waals surface area (Å²) in [5.74, 6) is -0.565. The van der Waals surface area contributed by atoms with E-state index in [0.29, 0.717) is 5.39 Å². The quantitative estimate of drug-likeness (QED) is 0.508. The largest absolute Gasteiger partial charge is 0.444 e. The number of sulfonamides is 1. The zero-order valence-corrected chi connectivity index (χ0v) is 17.0. The van der Waals surface area contributed by atoms with Crippen LogP contribution in [-0.4, -0.2) is 33.6 Å². The fourth-order valence-electron chi connectivity index (χ4n) is 2.66. The van der Waals surface area contributed by atoms with E-state index in [9.17, 15) is 26.7 Å². The monoisotopic (exact) mass is 438 g/mol. The van der Waals surface area contributed by atoms with Gasteiger partial charge in [0.1, 0.15) is 16.2 Å². The van der Waals surface area contributed by atoms with E-state index in [1.54, 1.807) is 0 Å². The Hall–Kier alpha value is -2.73.